The zero-order valence-electron chi connectivity index (χ0n) is 11.3. The quantitative estimate of drug-likeness (QED) is 0.642. The topological polar surface area (TPSA) is 95.9 Å². The summed E-state index contributed by atoms with van der Waals surface area (Å²) >= 11 is 0. The number of aliphatic hydroxyl groups is 1. The van der Waals surface area contributed by atoms with Gasteiger partial charge < -0.3 is 9.84 Å². The summed E-state index contributed by atoms with van der Waals surface area (Å²) in [6.45, 7) is 3.83. The number of esters is 1. The van der Waals surface area contributed by atoms with Gasteiger partial charge in [-0.25, -0.2) is 0 Å². The van der Waals surface area contributed by atoms with E-state index in [0.717, 1.165) is 0 Å². The molecule has 19 heavy (non-hydrogen) atoms. The van der Waals surface area contributed by atoms with Crippen LogP contribution in [-0.2, 0) is 19.7 Å². The summed E-state index contributed by atoms with van der Waals surface area (Å²) in [5, 5.41) is 8.89. The van der Waals surface area contributed by atoms with Gasteiger partial charge in [-0.1, -0.05) is 0 Å². The molecule has 0 aromatic heterocycles. The molecule has 1 saturated heterocycles. The van der Waals surface area contributed by atoms with Crippen molar-refractivity contribution in [1.29, 1.82) is 0 Å². The van der Waals surface area contributed by atoms with Crippen molar-refractivity contribution >= 4 is 16.2 Å². The van der Waals surface area contributed by atoms with Crippen molar-refractivity contribution in [2.75, 3.05) is 26.3 Å². The molecule has 2 unspecified atom stereocenters. The third kappa shape index (κ3) is 4.72. The van der Waals surface area contributed by atoms with Crippen LogP contribution < -0.4 is 4.72 Å². The second kappa shape index (κ2) is 7.18. The number of carbonyl (C=O) groups excluding carboxylic acids is 1. The molecule has 2 atom stereocenters. The van der Waals surface area contributed by atoms with E-state index in [1.54, 1.807) is 13.8 Å². The number of nitrogens with one attached hydrogen (secondary N) is 1. The number of nitrogens with zero attached hydrogens (tertiary/aromatic N) is 1. The summed E-state index contributed by atoms with van der Waals surface area (Å²) in [5.74, 6) is -0.757. The fraction of sp³-hybridized carbons (Fsp3) is 0.909. The standard InChI is InChI=1S/C11H22N2O5S/c1-3-18-11(15)10-5-4-6-13(7-10)19(16,17)12-9(2)8-14/h9-10,12,14H,3-8H2,1-2H3. The molecule has 0 amide bonds. The second-order valence-corrected chi connectivity index (χ2v) is 6.36. The predicted octanol–water partition coefficient (Wildman–Crippen LogP) is -0.523. The van der Waals surface area contributed by atoms with Crippen LogP contribution >= 0.6 is 0 Å². The molecule has 8 heteroatoms. The summed E-state index contributed by atoms with van der Waals surface area (Å²) in [5.41, 5.74) is 0. The first-order chi connectivity index (χ1) is 8.90. The van der Waals surface area contributed by atoms with Crippen molar-refractivity contribution in [1.82, 2.24) is 9.03 Å². The lowest BCUT2D eigenvalue weighted by Gasteiger charge is -2.31. The van der Waals surface area contributed by atoms with Gasteiger partial charge in [0.25, 0.3) is 10.2 Å². The molecule has 2 N–H and O–H groups in total. The highest BCUT2D eigenvalue weighted by Crippen LogP contribution is 2.20. The summed E-state index contributed by atoms with van der Waals surface area (Å²) < 4.78 is 32.6. The van der Waals surface area contributed by atoms with E-state index in [1.807, 2.05) is 0 Å². The molecular weight excluding hydrogens is 272 g/mol. The lowest BCUT2D eigenvalue weighted by atomic mass is 10.0. The lowest BCUT2D eigenvalue weighted by molar-refractivity contribution is -0.149. The Morgan fingerprint density at radius 3 is 2.84 bits per heavy atom. The number of aliphatic hydroxyl groups excluding tert-OH is 1. The normalized spacial score (nSPS) is 23.0. The van der Waals surface area contributed by atoms with E-state index in [2.05, 4.69) is 4.72 Å². The molecule has 0 aliphatic carbocycles. The summed E-state index contributed by atoms with van der Waals surface area (Å²) in [7, 11) is -3.66. The minimum absolute atomic E-state index is 0.131. The summed E-state index contributed by atoms with van der Waals surface area (Å²) in [6.07, 6.45) is 1.26. The molecule has 7 nitrogen and oxygen atoms in total. The highest BCUT2D eigenvalue weighted by molar-refractivity contribution is 7.87. The first-order valence-electron chi connectivity index (χ1n) is 6.45. The van der Waals surface area contributed by atoms with Crippen LogP contribution in [0.15, 0.2) is 0 Å². The van der Waals surface area contributed by atoms with Gasteiger partial charge in [-0.15, -0.1) is 0 Å². The Bertz CT molecular complexity index is 398. The number of rotatable bonds is 6. The molecule has 0 saturated carbocycles. The largest absolute Gasteiger partial charge is 0.466 e. The maximum absolute atomic E-state index is 12.0. The van der Waals surface area contributed by atoms with Crippen LogP contribution in [0.25, 0.3) is 0 Å². The lowest BCUT2D eigenvalue weighted by Crippen LogP contribution is -2.50. The Labute approximate surface area is 114 Å². The second-order valence-electron chi connectivity index (χ2n) is 4.66. The molecule has 1 fully saturated rings. The SMILES string of the molecule is CCOC(=O)C1CCCN(S(=O)(=O)NC(C)CO)C1. The van der Waals surface area contributed by atoms with Crippen molar-refractivity contribution < 1.29 is 23.1 Å². The fourth-order valence-corrected chi connectivity index (χ4v) is 3.46. The van der Waals surface area contributed by atoms with Crippen molar-refractivity contribution in [2.45, 2.75) is 32.7 Å². The average molecular weight is 294 g/mol. The Hall–Kier alpha value is -0.700. The zero-order valence-corrected chi connectivity index (χ0v) is 12.1. The Kier molecular flexibility index (Phi) is 6.18. The Morgan fingerprint density at radius 2 is 2.26 bits per heavy atom. The third-order valence-corrected chi connectivity index (χ3v) is 4.68. The average Bonchev–Trinajstić information content (AvgIpc) is 2.38. The van der Waals surface area contributed by atoms with E-state index in [9.17, 15) is 13.2 Å². The monoisotopic (exact) mass is 294 g/mol. The molecule has 1 heterocycles. The van der Waals surface area contributed by atoms with Gasteiger partial charge >= 0.3 is 5.97 Å². The first kappa shape index (κ1) is 16.4. The van der Waals surface area contributed by atoms with Crippen LogP contribution in [0.1, 0.15) is 26.7 Å². The molecule has 1 aliphatic rings. The van der Waals surface area contributed by atoms with Gasteiger partial charge in [0.05, 0.1) is 19.1 Å². The van der Waals surface area contributed by atoms with Crippen LogP contribution in [0, 0.1) is 5.92 Å². The van der Waals surface area contributed by atoms with E-state index in [1.165, 1.54) is 4.31 Å². The summed E-state index contributed by atoms with van der Waals surface area (Å²) in [4.78, 5) is 11.6. The Morgan fingerprint density at radius 1 is 1.58 bits per heavy atom. The van der Waals surface area contributed by atoms with Crippen LogP contribution in [-0.4, -0.2) is 56.1 Å². The Balaban J connectivity index is 2.66. The van der Waals surface area contributed by atoms with Gasteiger partial charge in [-0.2, -0.15) is 17.4 Å². The molecule has 1 rings (SSSR count). The van der Waals surface area contributed by atoms with Gasteiger partial charge in [-0.05, 0) is 26.7 Å². The molecule has 0 radical (unpaired) electrons. The number of ether oxygens (including phenoxy) is 1. The number of carbonyl (C=O) groups is 1. The van der Waals surface area contributed by atoms with Gasteiger partial charge in [0, 0.05) is 19.1 Å². The highest BCUT2D eigenvalue weighted by atomic mass is 32.2. The van der Waals surface area contributed by atoms with Crippen LogP contribution in [0.3, 0.4) is 0 Å². The number of piperidine rings is 1. The van der Waals surface area contributed by atoms with Gasteiger partial charge in [0.1, 0.15) is 0 Å². The van der Waals surface area contributed by atoms with E-state index < -0.39 is 22.2 Å². The van der Waals surface area contributed by atoms with E-state index >= 15 is 0 Å². The molecule has 0 aromatic carbocycles. The van der Waals surface area contributed by atoms with Crippen molar-refractivity contribution in [3.8, 4) is 0 Å². The maximum atomic E-state index is 12.0. The van der Waals surface area contributed by atoms with Crippen molar-refractivity contribution in [3.05, 3.63) is 0 Å². The third-order valence-electron chi connectivity index (χ3n) is 2.97. The van der Waals surface area contributed by atoms with Crippen molar-refractivity contribution in [2.24, 2.45) is 5.92 Å². The van der Waals surface area contributed by atoms with Crippen LogP contribution in [0.5, 0.6) is 0 Å². The van der Waals surface area contributed by atoms with E-state index in [4.69, 9.17) is 9.84 Å². The minimum atomic E-state index is -3.66. The van der Waals surface area contributed by atoms with Crippen LogP contribution in [0.2, 0.25) is 0 Å². The maximum Gasteiger partial charge on any atom is 0.310 e. The molecule has 0 spiro atoms. The zero-order chi connectivity index (χ0) is 14.5. The van der Waals surface area contributed by atoms with Crippen LogP contribution in [0.4, 0.5) is 0 Å². The molecule has 0 bridgehead atoms. The smallest absolute Gasteiger partial charge is 0.310 e. The predicted molar refractivity (Wildman–Crippen MR) is 69.5 cm³/mol. The molecule has 0 aromatic rings. The first-order valence-corrected chi connectivity index (χ1v) is 7.89. The number of hydrogen-bond acceptors (Lipinski definition) is 5. The van der Waals surface area contributed by atoms with E-state index in [0.29, 0.717) is 26.0 Å². The fourth-order valence-electron chi connectivity index (χ4n) is 1.98. The van der Waals surface area contributed by atoms with Gasteiger partial charge in [0.2, 0.25) is 0 Å². The molecule has 112 valence electrons. The minimum Gasteiger partial charge on any atom is -0.466 e. The molecule has 1 aliphatic heterocycles. The summed E-state index contributed by atoms with van der Waals surface area (Å²) in [6, 6.07) is -0.548. The van der Waals surface area contributed by atoms with Gasteiger partial charge in [-0.3, -0.25) is 4.79 Å². The number of hydrogen-bond donors (Lipinski definition) is 2. The van der Waals surface area contributed by atoms with Gasteiger partial charge in [0.15, 0.2) is 0 Å². The highest BCUT2D eigenvalue weighted by Gasteiger charge is 2.33. The molecular formula is C11H22N2O5S. The van der Waals surface area contributed by atoms with Crippen molar-refractivity contribution in [3.63, 3.8) is 0 Å². The van der Waals surface area contributed by atoms with E-state index in [-0.39, 0.29) is 19.1 Å².